The Morgan fingerprint density at radius 3 is 2.92 bits per heavy atom. The van der Waals surface area contributed by atoms with E-state index in [1.54, 1.807) is 6.20 Å². The summed E-state index contributed by atoms with van der Waals surface area (Å²) < 4.78 is 7.81. The Hall–Kier alpha value is -1.98. The van der Waals surface area contributed by atoms with Gasteiger partial charge in [-0.15, -0.1) is 0 Å². The van der Waals surface area contributed by atoms with Crippen molar-refractivity contribution in [1.29, 1.82) is 0 Å². The molecule has 3 atom stereocenters. The molecule has 6 nitrogen and oxygen atoms in total. The van der Waals surface area contributed by atoms with Crippen molar-refractivity contribution in [2.24, 2.45) is 17.8 Å². The molecular formula is C19H28N4O2. The molecular weight excluding hydrogens is 316 g/mol. The maximum atomic E-state index is 12.7. The number of rotatable bonds is 5. The number of ether oxygens (including phenoxy) is 1. The highest BCUT2D eigenvalue weighted by molar-refractivity contribution is 5.75. The van der Waals surface area contributed by atoms with E-state index < -0.39 is 0 Å². The maximum Gasteiger partial charge on any atom is 0.326 e. The van der Waals surface area contributed by atoms with E-state index in [0.29, 0.717) is 23.4 Å². The highest BCUT2D eigenvalue weighted by Crippen LogP contribution is 2.35. The molecule has 0 amide bonds. The number of aromatic nitrogens is 4. The monoisotopic (exact) mass is 344 g/mol. The fraction of sp³-hybridized carbons (Fsp3) is 0.684. The second-order valence-electron chi connectivity index (χ2n) is 7.55. The summed E-state index contributed by atoms with van der Waals surface area (Å²) in [5.74, 6) is 2.24. The van der Waals surface area contributed by atoms with Crippen LogP contribution in [0.25, 0.3) is 11.2 Å². The van der Waals surface area contributed by atoms with E-state index in [9.17, 15) is 4.79 Å². The van der Waals surface area contributed by atoms with E-state index in [2.05, 4.69) is 35.7 Å². The molecule has 0 N–H and O–H groups in total. The molecule has 6 heteroatoms. The van der Waals surface area contributed by atoms with Crippen molar-refractivity contribution in [3.05, 3.63) is 18.3 Å². The molecule has 1 aliphatic rings. The van der Waals surface area contributed by atoms with Crippen LogP contribution in [0.3, 0.4) is 0 Å². The molecule has 3 rings (SSSR count). The molecule has 136 valence electrons. The third kappa shape index (κ3) is 3.83. The van der Waals surface area contributed by atoms with Crippen LogP contribution in [0.15, 0.2) is 12.5 Å². The second-order valence-corrected chi connectivity index (χ2v) is 7.55. The minimum absolute atomic E-state index is 0.0207. The lowest BCUT2D eigenvalue weighted by molar-refractivity contribution is -0.156. The number of esters is 1. The number of carbonyl (C=O) groups excluding carboxylic acids is 1. The van der Waals surface area contributed by atoms with Crippen molar-refractivity contribution in [1.82, 2.24) is 19.5 Å². The van der Waals surface area contributed by atoms with Gasteiger partial charge in [0, 0.05) is 6.42 Å². The van der Waals surface area contributed by atoms with Gasteiger partial charge in [-0.25, -0.2) is 15.0 Å². The average molecular weight is 344 g/mol. The van der Waals surface area contributed by atoms with Crippen molar-refractivity contribution < 1.29 is 9.53 Å². The van der Waals surface area contributed by atoms with Crippen LogP contribution >= 0.6 is 0 Å². The molecule has 0 bridgehead atoms. The first kappa shape index (κ1) is 17.8. The van der Waals surface area contributed by atoms with Gasteiger partial charge in [0.25, 0.3) is 0 Å². The zero-order valence-electron chi connectivity index (χ0n) is 15.6. The molecule has 0 radical (unpaired) electrons. The van der Waals surface area contributed by atoms with E-state index in [0.717, 1.165) is 30.6 Å². The van der Waals surface area contributed by atoms with Crippen molar-refractivity contribution >= 4 is 17.1 Å². The van der Waals surface area contributed by atoms with Gasteiger partial charge in [-0.3, -0.25) is 4.79 Å². The third-order valence-electron chi connectivity index (χ3n) is 5.36. The average Bonchev–Trinajstić information content (AvgIpc) is 2.92. The van der Waals surface area contributed by atoms with Crippen LogP contribution in [0.1, 0.15) is 52.8 Å². The fourth-order valence-electron chi connectivity index (χ4n) is 3.95. The second kappa shape index (κ2) is 7.50. The Morgan fingerprint density at radius 1 is 1.40 bits per heavy atom. The van der Waals surface area contributed by atoms with E-state index in [1.165, 1.54) is 12.7 Å². The van der Waals surface area contributed by atoms with Crippen LogP contribution in [0.5, 0.6) is 0 Å². The lowest BCUT2D eigenvalue weighted by atomic mass is 9.75. The Balaban J connectivity index is 1.76. The Bertz CT molecular complexity index is 740. The van der Waals surface area contributed by atoms with Crippen LogP contribution in [0.2, 0.25) is 0 Å². The van der Waals surface area contributed by atoms with Gasteiger partial charge in [0.05, 0.1) is 6.20 Å². The maximum absolute atomic E-state index is 12.7. The van der Waals surface area contributed by atoms with Gasteiger partial charge >= 0.3 is 5.97 Å². The summed E-state index contributed by atoms with van der Waals surface area (Å²) in [6, 6.07) is 0. The highest BCUT2D eigenvalue weighted by Gasteiger charge is 2.33. The minimum atomic E-state index is -0.192. The first-order chi connectivity index (χ1) is 12.0. The van der Waals surface area contributed by atoms with Crippen LogP contribution in [-0.2, 0) is 22.5 Å². The lowest BCUT2D eigenvalue weighted by Gasteiger charge is -2.36. The van der Waals surface area contributed by atoms with E-state index in [1.807, 2.05) is 11.5 Å². The third-order valence-corrected chi connectivity index (χ3v) is 5.36. The summed E-state index contributed by atoms with van der Waals surface area (Å²) in [5.41, 5.74) is 1.42. The molecule has 2 aromatic heterocycles. The molecule has 0 spiro atoms. The van der Waals surface area contributed by atoms with Gasteiger partial charge in [0.2, 0.25) is 0 Å². The Morgan fingerprint density at radius 2 is 2.20 bits per heavy atom. The summed E-state index contributed by atoms with van der Waals surface area (Å²) in [4.78, 5) is 25.4. The molecule has 0 aromatic carbocycles. The molecule has 0 saturated heterocycles. The summed E-state index contributed by atoms with van der Waals surface area (Å²) >= 11 is 0. The summed E-state index contributed by atoms with van der Waals surface area (Å²) in [6.07, 6.45) is 7.27. The van der Waals surface area contributed by atoms with Gasteiger partial charge < -0.3 is 9.30 Å². The number of carbonyl (C=O) groups is 1. The predicted molar refractivity (Wildman–Crippen MR) is 95.9 cm³/mol. The number of fused-ring (bicyclic) bond motifs is 1. The lowest BCUT2D eigenvalue weighted by Crippen LogP contribution is -2.36. The zero-order valence-corrected chi connectivity index (χ0v) is 15.6. The van der Waals surface area contributed by atoms with Crippen molar-refractivity contribution in [2.45, 2.75) is 66.0 Å². The van der Waals surface area contributed by atoms with E-state index in [4.69, 9.17) is 4.74 Å². The number of aryl methyl sites for hydroxylation is 1. The first-order valence-electron chi connectivity index (χ1n) is 9.34. The fourth-order valence-corrected chi connectivity index (χ4v) is 3.95. The Kier molecular flexibility index (Phi) is 5.35. The quantitative estimate of drug-likeness (QED) is 0.778. The number of hydrogen-bond acceptors (Lipinski definition) is 5. The molecule has 0 aliphatic heterocycles. The topological polar surface area (TPSA) is 69.9 Å². The van der Waals surface area contributed by atoms with Crippen LogP contribution in [0.4, 0.5) is 0 Å². The molecule has 25 heavy (non-hydrogen) atoms. The van der Waals surface area contributed by atoms with Crippen LogP contribution in [0, 0.1) is 17.8 Å². The minimum Gasteiger partial charge on any atom is -0.461 e. The zero-order chi connectivity index (χ0) is 18.0. The van der Waals surface area contributed by atoms with E-state index >= 15 is 0 Å². The molecule has 1 saturated carbocycles. The molecule has 1 fully saturated rings. The smallest absolute Gasteiger partial charge is 0.326 e. The molecule has 1 aliphatic carbocycles. The highest BCUT2D eigenvalue weighted by atomic mass is 16.5. The predicted octanol–water partition coefficient (Wildman–Crippen LogP) is 3.39. The van der Waals surface area contributed by atoms with Gasteiger partial charge in [-0.05, 0) is 30.6 Å². The molecule has 2 heterocycles. The first-order valence-corrected chi connectivity index (χ1v) is 9.34. The normalized spacial score (nSPS) is 24.0. The van der Waals surface area contributed by atoms with Gasteiger partial charge in [-0.2, -0.15) is 0 Å². The van der Waals surface area contributed by atoms with Crippen LogP contribution < -0.4 is 0 Å². The summed E-state index contributed by atoms with van der Waals surface area (Å²) in [7, 11) is 0. The van der Waals surface area contributed by atoms with Crippen molar-refractivity contribution in [2.75, 3.05) is 0 Å². The molecule has 1 unspecified atom stereocenters. The SMILES string of the molecule is CCc1nc2ncncc2n1CC(=O)O[C@@H]1C[C@H](C)CCC1C(C)C. The van der Waals surface area contributed by atoms with Crippen molar-refractivity contribution in [3.63, 3.8) is 0 Å². The number of hydrogen-bond donors (Lipinski definition) is 0. The number of imidazole rings is 1. The van der Waals surface area contributed by atoms with Gasteiger partial charge in [0.15, 0.2) is 5.65 Å². The number of nitrogens with zero attached hydrogens (tertiary/aromatic N) is 4. The van der Waals surface area contributed by atoms with Gasteiger partial charge in [-0.1, -0.05) is 34.1 Å². The summed E-state index contributed by atoms with van der Waals surface area (Å²) in [6.45, 7) is 8.87. The van der Waals surface area contributed by atoms with Crippen LogP contribution in [-0.4, -0.2) is 31.6 Å². The molecule has 2 aromatic rings. The standard InChI is InChI=1S/C19H28N4O2/c1-5-17-22-19-15(9-20-11-21-19)23(17)10-18(24)25-16-8-13(4)6-7-14(16)12(2)3/h9,11-14,16H,5-8,10H2,1-4H3/t13-,14?,16-/m1/s1. The van der Waals surface area contributed by atoms with E-state index in [-0.39, 0.29) is 18.6 Å². The van der Waals surface area contributed by atoms with Crippen molar-refractivity contribution in [3.8, 4) is 0 Å². The van der Waals surface area contributed by atoms with Gasteiger partial charge in [0.1, 0.15) is 30.3 Å². The Labute approximate surface area is 149 Å². The largest absolute Gasteiger partial charge is 0.461 e. The summed E-state index contributed by atoms with van der Waals surface area (Å²) in [5, 5.41) is 0.